The first kappa shape index (κ1) is 17.6. The molecule has 2 aliphatic rings. The number of aromatic nitrogens is 3. The Balaban J connectivity index is 1.39. The summed E-state index contributed by atoms with van der Waals surface area (Å²) in [6.45, 7) is 4.94. The molecule has 1 aromatic heterocycles. The van der Waals surface area contributed by atoms with Crippen LogP contribution in [0.15, 0.2) is 29.4 Å². The molecule has 1 aromatic carbocycles. The van der Waals surface area contributed by atoms with Crippen molar-refractivity contribution in [3.8, 4) is 11.4 Å². The molecule has 1 N–H and O–H groups in total. The van der Waals surface area contributed by atoms with Crippen molar-refractivity contribution in [2.45, 2.75) is 57.3 Å². The third-order valence-electron chi connectivity index (χ3n) is 5.73. The van der Waals surface area contributed by atoms with Gasteiger partial charge in [0.25, 0.3) is 0 Å². The molecule has 138 valence electrons. The van der Waals surface area contributed by atoms with Gasteiger partial charge in [-0.15, -0.1) is 10.2 Å². The average molecular weight is 371 g/mol. The lowest BCUT2D eigenvalue weighted by Gasteiger charge is -2.22. The second kappa shape index (κ2) is 7.43. The van der Waals surface area contributed by atoms with E-state index < -0.39 is 0 Å². The van der Waals surface area contributed by atoms with Crippen molar-refractivity contribution < 1.29 is 4.79 Å². The minimum absolute atomic E-state index is 0.121. The van der Waals surface area contributed by atoms with Gasteiger partial charge in [0.2, 0.25) is 5.91 Å². The topological polar surface area (TPSA) is 59.8 Å². The molecule has 3 atom stereocenters. The van der Waals surface area contributed by atoms with Gasteiger partial charge in [0.05, 0.1) is 5.75 Å². The number of hydrogen-bond donors (Lipinski definition) is 1. The van der Waals surface area contributed by atoms with E-state index >= 15 is 0 Å². The van der Waals surface area contributed by atoms with Crippen molar-refractivity contribution in [3.05, 3.63) is 29.8 Å². The second-order valence-electron chi connectivity index (χ2n) is 7.56. The Kier molecular flexibility index (Phi) is 5.02. The van der Waals surface area contributed by atoms with Crippen LogP contribution in [0.3, 0.4) is 0 Å². The van der Waals surface area contributed by atoms with Crippen molar-refractivity contribution in [2.75, 3.05) is 5.75 Å². The van der Waals surface area contributed by atoms with E-state index in [2.05, 4.69) is 52.1 Å². The van der Waals surface area contributed by atoms with E-state index in [4.69, 9.17) is 0 Å². The van der Waals surface area contributed by atoms with Gasteiger partial charge < -0.3 is 9.88 Å². The summed E-state index contributed by atoms with van der Waals surface area (Å²) in [5.41, 5.74) is 2.27. The minimum atomic E-state index is 0.121. The molecule has 0 unspecified atom stereocenters. The SMILES string of the molecule is CCn1c(SCC(=O)N[C@H]2C[C@@H]3CC[C@@H]2C3)nnc1-c1cccc(C)c1. The fraction of sp³-hybridized carbons (Fsp3) is 0.550. The fourth-order valence-corrected chi connectivity index (χ4v) is 5.29. The van der Waals surface area contributed by atoms with Gasteiger partial charge in [-0.2, -0.15) is 0 Å². The first-order valence-corrected chi connectivity index (χ1v) is 10.5. The third-order valence-corrected chi connectivity index (χ3v) is 6.69. The van der Waals surface area contributed by atoms with Crippen LogP contribution in [0.5, 0.6) is 0 Å². The maximum absolute atomic E-state index is 12.4. The lowest BCUT2D eigenvalue weighted by Crippen LogP contribution is -2.39. The molecule has 0 radical (unpaired) electrons. The maximum Gasteiger partial charge on any atom is 0.230 e. The molecule has 0 aliphatic heterocycles. The fourth-order valence-electron chi connectivity index (χ4n) is 4.48. The van der Waals surface area contributed by atoms with Crippen molar-refractivity contribution in [3.63, 3.8) is 0 Å². The summed E-state index contributed by atoms with van der Waals surface area (Å²) in [7, 11) is 0. The monoisotopic (exact) mass is 370 g/mol. The van der Waals surface area contributed by atoms with Gasteiger partial charge in [-0.05, 0) is 51.0 Å². The zero-order valence-electron chi connectivity index (χ0n) is 15.4. The summed E-state index contributed by atoms with van der Waals surface area (Å²) < 4.78 is 2.09. The summed E-state index contributed by atoms with van der Waals surface area (Å²) in [5, 5.41) is 12.8. The quantitative estimate of drug-likeness (QED) is 0.788. The van der Waals surface area contributed by atoms with Gasteiger partial charge in [0.15, 0.2) is 11.0 Å². The number of amides is 1. The van der Waals surface area contributed by atoms with E-state index in [9.17, 15) is 4.79 Å². The number of hydrogen-bond acceptors (Lipinski definition) is 4. The van der Waals surface area contributed by atoms with E-state index in [1.54, 1.807) is 0 Å². The van der Waals surface area contributed by atoms with Gasteiger partial charge in [0.1, 0.15) is 0 Å². The molecule has 2 aromatic rings. The first-order valence-electron chi connectivity index (χ1n) is 9.56. The van der Waals surface area contributed by atoms with Crippen molar-refractivity contribution in [2.24, 2.45) is 11.8 Å². The number of nitrogens with zero attached hydrogens (tertiary/aromatic N) is 3. The minimum Gasteiger partial charge on any atom is -0.352 e. The Morgan fingerprint density at radius 3 is 2.88 bits per heavy atom. The van der Waals surface area contributed by atoms with Crippen molar-refractivity contribution in [1.29, 1.82) is 0 Å². The zero-order valence-corrected chi connectivity index (χ0v) is 16.3. The highest BCUT2D eigenvalue weighted by molar-refractivity contribution is 7.99. The molecule has 2 fully saturated rings. The standard InChI is InChI=1S/C20H26N4OS/c1-3-24-19(16-6-4-5-13(2)9-16)22-23-20(24)26-12-18(25)21-17-11-14-7-8-15(17)10-14/h4-6,9,14-15,17H,3,7-8,10-12H2,1-2H3,(H,21,25)/t14-,15-,17+/m1/s1. The predicted octanol–water partition coefficient (Wildman–Crippen LogP) is 3.67. The first-order chi connectivity index (χ1) is 12.6. The Morgan fingerprint density at radius 1 is 1.31 bits per heavy atom. The lowest BCUT2D eigenvalue weighted by molar-refractivity contribution is -0.119. The Hall–Kier alpha value is -1.82. The lowest BCUT2D eigenvalue weighted by atomic mass is 9.95. The summed E-state index contributed by atoms with van der Waals surface area (Å²) in [5.74, 6) is 2.95. The van der Waals surface area contributed by atoms with Gasteiger partial charge in [-0.3, -0.25) is 4.79 Å². The van der Waals surface area contributed by atoms with Crippen LogP contribution in [0.2, 0.25) is 0 Å². The molecule has 5 nitrogen and oxygen atoms in total. The van der Waals surface area contributed by atoms with E-state index in [1.807, 2.05) is 6.07 Å². The molecule has 0 saturated heterocycles. The molecule has 1 heterocycles. The van der Waals surface area contributed by atoms with E-state index in [0.717, 1.165) is 29.0 Å². The third kappa shape index (κ3) is 3.52. The largest absolute Gasteiger partial charge is 0.352 e. The molecular formula is C20H26N4OS. The Morgan fingerprint density at radius 2 is 2.19 bits per heavy atom. The van der Waals surface area contributed by atoms with Crippen LogP contribution in [0.4, 0.5) is 0 Å². The number of rotatable bonds is 6. The molecule has 2 saturated carbocycles. The smallest absolute Gasteiger partial charge is 0.230 e. The van der Waals surface area contributed by atoms with Crippen molar-refractivity contribution >= 4 is 17.7 Å². The van der Waals surface area contributed by atoms with Crippen LogP contribution in [-0.2, 0) is 11.3 Å². The van der Waals surface area contributed by atoms with Gasteiger partial charge >= 0.3 is 0 Å². The molecule has 6 heteroatoms. The van der Waals surface area contributed by atoms with Crippen LogP contribution < -0.4 is 5.32 Å². The van der Waals surface area contributed by atoms with E-state index in [0.29, 0.717) is 17.7 Å². The van der Waals surface area contributed by atoms with Gasteiger partial charge in [0, 0.05) is 18.2 Å². The second-order valence-corrected chi connectivity index (χ2v) is 8.50. The number of thioether (sulfide) groups is 1. The highest BCUT2D eigenvalue weighted by atomic mass is 32.2. The number of carbonyl (C=O) groups excluding carboxylic acids is 1. The van der Waals surface area contributed by atoms with E-state index in [-0.39, 0.29) is 5.91 Å². The molecule has 0 spiro atoms. The average Bonchev–Trinajstić information content (AvgIpc) is 3.34. The summed E-state index contributed by atoms with van der Waals surface area (Å²) >= 11 is 1.48. The van der Waals surface area contributed by atoms with Gasteiger partial charge in [-0.1, -0.05) is 41.9 Å². The van der Waals surface area contributed by atoms with Crippen LogP contribution in [0.1, 0.15) is 38.2 Å². The van der Waals surface area contributed by atoms with Crippen molar-refractivity contribution in [1.82, 2.24) is 20.1 Å². The summed E-state index contributed by atoms with van der Waals surface area (Å²) in [4.78, 5) is 12.4. The van der Waals surface area contributed by atoms with Crippen LogP contribution in [0, 0.1) is 18.8 Å². The molecule has 4 rings (SSSR count). The predicted molar refractivity (Wildman–Crippen MR) is 104 cm³/mol. The molecule has 26 heavy (non-hydrogen) atoms. The summed E-state index contributed by atoms with van der Waals surface area (Å²) in [6.07, 6.45) is 5.12. The maximum atomic E-state index is 12.4. The normalized spacial score (nSPS) is 24.2. The van der Waals surface area contributed by atoms with Crippen LogP contribution in [-0.4, -0.2) is 32.5 Å². The zero-order chi connectivity index (χ0) is 18.1. The number of nitrogens with one attached hydrogen (secondary N) is 1. The van der Waals surface area contributed by atoms with Crippen LogP contribution in [0.25, 0.3) is 11.4 Å². The van der Waals surface area contributed by atoms with E-state index in [1.165, 1.54) is 43.0 Å². The highest BCUT2D eigenvalue weighted by Crippen LogP contribution is 2.44. The molecule has 1 amide bonds. The number of benzene rings is 1. The summed E-state index contributed by atoms with van der Waals surface area (Å²) in [6, 6.07) is 8.68. The number of aryl methyl sites for hydroxylation is 1. The van der Waals surface area contributed by atoms with Crippen LogP contribution >= 0.6 is 11.8 Å². The highest BCUT2D eigenvalue weighted by Gasteiger charge is 2.40. The Labute approximate surface area is 159 Å². The van der Waals surface area contributed by atoms with Gasteiger partial charge in [-0.25, -0.2) is 0 Å². The molecular weight excluding hydrogens is 344 g/mol. The molecule has 2 bridgehead atoms. The Bertz CT molecular complexity index is 803. The number of fused-ring (bicyclic) bond motifs is 2. The number of carbonyl (C=O) groups is 1. The molecule has 2 aliphatic carbocycles.